The predicted octanol–water partition coefficient (Wildman–Crippen LogP) is 4.47. The van der Waals surface area contributed by atoms with E-state index in [0.717, 1.165) is 0 Å². The van der Waals surface area contributed by atoms with Crippen molar-refractivity contribution < 1.29 is 26.7 Å². The minimum Gasteiger partial charge on any atom is -0.349 e. The molecule has 1 fully saturated rings. The summed E-state index contributed by atoms with van der Waals surface area (Å²) in [5, 5.41) is 1.90. The molecule has 22 heavy (non-hydrogen) atoms. The summed E-state index contributed by atoms with van der Waals surface area (Å²) in [7, 11) is 0. The molecule has 1 aliphatic carbocycles. The second-order valence-electron chi connectivity index (χ2n) is 5.26. The maximum absolute atomic E-state index is 13.2. The predicted molar refractivity (Wildman–Crippen MR) is 70.6 cm³/mol. The van der Waals surface area contributed by atoms with Gasteiger partial charge in [0.2, 0.25) is 0 Å². The maximum atomic E-state index is 13.2. The third kappa shape index (κ3) is 3.69. The summed E-state index contributed by atoms with van der Waals surface area (Å²) in [6, 6.07) is 0.109. The first-order valence-corrected chi connectivity index (χ1v) is 7.10. The van der Waals surface area contributed by atoms with Gasteiger partial charge in [0.05, 0.1) is 16.5 Å². The minimum atomic E-state index is -4.42. The van der Waals surface area contributed by atoms with Crippen LogP contribution in [0.15, 0.2) is 12.1 Å². The SMILES string of the molecule is O=C(N[C@H]1CCCC[C@H]1C(F)(F)F)c1cc(F)c(F)cc1Cl. The molecule has 1 aromatic carbocycles. The lowest BCUT2D eigenvalue weighted by molar-refractivity contribution is -0.187. The number of nitrogens with one attached hydrogen (secondary N) is 1. The average Bonchev–Trinajstić information content (AvgIpc) is 2.42. The van der Waals surface area contributed by atoms with E-state index < -0.39 is 35.7 Å². The second kappa shape index (κ2) is 6.40. The molecule has 1 aliphatic rings. The van der Waals surface area contributed by atoms with Crippen LogP contribution in [0.25, 0.3) is 0 Å². The van der Waals surface area contributed by atoms with Gasteiger partial charge in [0, 0.05) is 6.04 Å². The van der Waals surface area contributed by atoms with Crippen LogP contribution in [-0.2, 0) is 0 Å². The Kier molecular flexibility index (Phi) is 4.94. The van der Waals surface area contributed by atoms with E-state index in [9.17, 15) is 26.7 Å². The van der Waals surface area contributed by atoms with Crippen molar-refractivity contribution in [3.63, 3.8) is 0 Å². The molecule has 0 radical (unpaired) electrons. The van der Waals surface area contributed by atoms with Crippen LogP contribution in [0, 0.1) is 17.6 Å². The van der Waals surface area contributed by atoms with Gasteiger partial charge >= 0.3 is 6.18 Å². The fraction of sp³-hybridized carbons (Fsp3) is 0.500. The zero-order valence-electron chi connectivity index (χ0n) is 11.3. The van der Waals surface area contributed by atoms with Crippen LogP contribution in [-0.4, -0.2) is 18.1 Å². The number of halogens is 6. The molecule has 2 atom stereocenters. The molecule has 0 aromatic heterocycles. The first-order chi connectivity index (χ1) is 10.2. The molecular weight excluding hydrogens is 329 g/mol. The molecule has 8 heteroatoms. The first kappa shape index (κ1) is 17.0. The van der Waals surface area contributed by atoms with Crippen molar-refractivity contribution in [1.29, 1.82) is 0 Å². The Bertz CT molecular complexity index is 575. The molecule has 1 aromatic rings. The van der Waals surface area contributed by atoms with E-state index in [4.69, 9.17) is 11.6 Å². The average molecular weight is 342 g/mol. The van der Waals surface area contributed by atoms with E-state index in [-0.39, 0.29) is 23.4 Å². The number of rotatable bonds is 2. The second-order valence-corrected chi connectivity index (χ2v) is 5.67. The molecule has 0 unspecified atom stereocenters. The Morgan fingerprint density at radius 1 is 1.14 bits per heavy atom. The Hall–Kier alpha value is -1.37. The zero-order chi connectivity index (χ0) is 16.5. The van der Waals surface area contributed by atoms with Gasteiger partial charge in [0.1, 0.15) is 0 Å². The van der Waals surface area contributed by atoms with Gasteiger partial charge in [-0.2, -0.15) is 13.2 Å². The molecule has 2 rings (SSSR count). The smallest absolute Gasteiger partial charge is 0.349 e. The first-order valence-electron chi connectivity index (χ1n) is 6.72. The summed E-state index contributed by atoms with van der Waals surface area (Å²) in [6.07, 6.45) is -3.32. The van der Waals surface area contributed by atoms with E-state index in [1.54, 1.807) is 0 Å². The van der Waals surface area contributed by atoms with Gasteiger partial charge < -0.3 is 5.32 Å². The number of amides is 1. The number of carbonyl (C=O) groups excluding carboxylic acids is 1. The summed E-state index contributed by atoms with van der Waals surface area (Å²) < 4.78 is 65.0. The van der Waals surface area contributed by atoms with Gasteiger partial charge in [-0.05, 0) is 25.0 Å². The third-order valence-electron chi connectivity index (χ3n) is 3.76. The monoisotopic (exact) mass is 341 g/mol. The largest absolute Gasteiger partial charge is 0.393 e. The topological polar surface area (TPSA) is 29.1 Å². The number of alkyl halides is 3. The lowest BCUT2D eigenvalue weighted by Crippen LogP contribution is -2.47. The molecule has 0 bridgehead atoms. The van der Waals surface area contributed by atoms with E-state index in [1.807, 2.05) is 0 Å². The normalized spacial score (nSPS) is 22.5. The van der Waals surface area contributed by atoms with E-state index >= 15 is 0 Å². The Morgan fingerprint density at radius 2 is 1.73 bits per heavy atom. The fourth-order valence-corrected chi connectivity index (χ4v) is 2.87. The number of benzene rings is 1. The Balaban J connectivity index is 2.18. The third-order valence-corrected chi connectivity index (χ3v) is 4.07. The standard InChI is InChI=1S/C14H13ClF5NO/c15-9-6-11(17)10(16)5-7(9)13(22)21-12-4-2-1-3-8(12)14(18,19)20/h5-6,8,12H,1-4H2,(H,21,22)/t8-,12+/m1/s1. The lowest BCUT2D eigenvalue weighted by atomic mass is 9.84. The van der Waals surface area contributed by atoms with Crippen LogP contribution < -0.4 is 5.32 Å². The van der Waals surface area contributed by atoms with Crippen LogP contribution in [0.5, 0.6) is 0 Å². The molecule has 1 amide bonds. The summed E-state index contributed by atoms with van der Waals surface area (Å²) in [6.45, 7) is 0. The van der Waals surface area contributed by atoms with Crippen molar-refractivity contribution in [2.75, 3.05) is 0 Å². The van der Waals surface area contributed by atoms with Crippen molar-refractivity contribution >= 4 is 17.5 Å². The summed E-state index contributed by atoms with van der Waals surface area (Å²) in [5.74, 6) is -5.10. The van der Waals surface area contributed by atoms with Gasteiger partial charge in [-0.15, -0.1) is 0 Å². The lowest BCUT2D eigenvalue weighted by Gasteiger charge is -2.33. The Morgan fingerprint density at radius 3 is 2.36 bits per heavy atom. The van der Waals surface area contributed by atoms with Crippen molar-refractivity contribution in [2.24, 2.45) is 5.92 Å². The van der Waals surface area contributed by atoms with Crippen LogP contribution >= 0.6 is 11.6 Å². The number of hydrogen-bond acceptors (Lipinski definition) is 1. The van der Waals surface area contributed by atoms with E-state index in [0.29, 0.717) is 25.0 Å². The molecule has 0 saturated heterocycles. The van der Waals surface area contributed by atoms with Gasteiger partial charge in [-0.25, -0.2) is 8.78 Å². The molecule has 2 nitrogen and oxygen atoms in total. The highest BCUT2D eigenvalue weighted by Crippen LogP contribution is 2.38. The van der Waals surface area contributed by atoms with Gasteiger partial charge in [0.15, 0.2) is 11.6 Å². The molecule has 1 saturated carbocycles. The highest BCUT2D eigenvalue weighted by atomic mass is 35.5. The molecule has 0 aliphatic heterocycles. The molecular formula is C14H13ClF5NO. The minimum absolute atomic E-state index is 0.0695. The molecule has 0 heterocycles. The number of hydrogen-bond donors (Lipinski definition) is 1. The number of carbonyl (C=O) groups is 1. The van der Waals surface area contributed by atoms with Gasteiger partial charge in [-0.3, -0.25) is 4.79 Å². The summed E-state index contributed by atoms with van der Waals surface area (Å²) >= 11 is 5.65. The van der Waals surface area contributed by atoms with Crippen molar-refractivity contribution in [2.45, 2.75) is 37.9 Å². The van der Waals surface area contributed by atoms with E-state index in [2.05, 4.69) is 5.32 Å². The molecule has 0 spiro atoms. The maximum Gasteiger partial charge on any atom is 0.393 e. The van der Waals surface area contributed by atoms with Gasteiger partial charge in [0.25, 0.3) is 5.91 Å². The van der Waals surface area contributed by atoms with Crippen LogP contribution in [0.2, 0.25) is 5.02 Å². The Labute approximate surface area is 128 Å². The van der Waals surface area contributed by atoms with Crippen molar-refractivity contribution in [3.05, 3.63) is 34.4 Å². The highest BCUT2D eigenvalue weighted by Gasteiger charge is 2.46. The fourth-order valence-electron chi connectivity index (χ4n) is 2.64. The van der Waals surface area contributed by atoms with Crippen molar-refractivity contribution in [1.82, 2.24) is 5.32 Å². The summed E-state index contributed by atoms with van der Waals surface area (Å²) in [4.78, 5) is 12.0. The van der Waals surface area contributed by atoms with Crippen molar-refractivity contribution in [3.8, 4) is 0 Å². The quantitative estimate of drug-likeness (QED) is 0.624. The van der Waals surface area contributed by atoms with Crippen LogP contribution in [0.1, 0.15) is 36.0 Å². The van der Waals surface area contributed by atoms with Crippen LogP contribution in [0.3, 0.4) is 0 Å². The van der Waals surface area contributed by atoms with E-state index in [1.165, 1.54) is 0 Å². The summed E-state index contributed by atoms with van der Waals surface area (Å²) in [5.41, 5.74) is -0.382. The highest BCUT2D eigenvalue weighted by molar-refractivity contribution is 6.33. The van der Waals surface area contributed by atoms with Gasteiger partial charge in [-0.1, -0.05) is 24.4 Å². The molecule has 1 N–H and O–H groups in total. The molecule has 122 valence electrons. The van der Waals surface area contributed by atoms with Crippen LogP contribution in [0.4, 0.5) is 22.0 Å². The zero-order valence-corrected chi connectivity index (χ0v) is 12.1.